The summed E-state index contributed by atoms with van der Waals surface area (Å²) in [6.07, 6.45) is 1.76. The third-order valence-corrected chi connectivity index (χ3v) is 8.84. The average molecular weight is 813 g/mol. The van der Waals surface area contributed by atoms with E-state index < -0.39 is 23.4 Å². The number of amides is 4. The van der Waals surface area contributed by atoms with Crippen LogP contribution in [0.2, 0.25) is 0 Å². The van der Waals surface area contributed by atoms with Crippen molar-refractivity contribution in [3.05, 3.63) is 78.5 Å². The number of nitrogens with zero attached hydrogens (tertiary/aromatic N) is 5. The van der Waals surface area contributed by atoms with Gasteiger partial charge in [-0.15, -0.1) is 0 Å². The van der Waals surface area contributed by atoms with Gasteiger partial charge in [-0.2, -0.15) is 0 Å². The van der Waals surface area contributed by atoms with E-state index >= 15 is 0 Å². The van der Waals surface area contributed by atoms with Crippen molar-refractivity contribution in [1.29, 1.82) is 0 Å². The molecule has 0 saturated carbocycles. The fourth-order valence-electron chi connectivity index (χ4n) is 6.14. The molecular weight excluding hydrogens is 757 g/mol. The quantitative estimate of drug-likeness (QED) is 0.0449. The van der Waals surface area contributed by atoms with E-state index in [1.54, 1.807) is 17.2 Å². The maximum Gasteiger partial charge on any atom is 0.412 e. The monoisotopic (exact) mass is 812 g/mol. The first-order chi connectivity index (χ1) is 28.2. The molecule has 4 amide bonds. The number of fused-ring (bicyclic) bond motifs is 1. The van der Waals surface area contributed by atoms with Gasteiger partial charge in [0.25, 0.3) is 0 Å². The van der Waals surface area contributed by atoms with Crippen molar-refractivity contribution in [2.75, 3.05) is 68.0 Å². The molecule has 1 aliphatic rings. The third-order valence-electron chi connectivity index (χ3n) is 8.84. The van der Waals surface area contributed by atoms with Crippen molar-refractivity contribution in [3.8, 4) is 11.1 Å². The van der Waals surface area contributed by atoms with Crippen molar-refractivity contribution in [3.63, 3.8) is 0 Å². The van der Waals surface area contributed by atoms with Crippen molar-refractivity contribution in [2.24, 2.45) is 0 Å². The average Bonchev–Trinajstić information content (AvgIpc) is 3.19. The summed E-state index contributed by atoms with van der Waals surface area (Å²) in [6, 6.07) is 21.1. The van der Waals surface area contributed by atoms with Gasteiger partial charge >= 0.3 is 18.3 Å². The van der Waals surface area contributed by atoms with Crippen molar-refractivity contribution in [2.45, 2.75) is 72.2 Å². The fraction of sp³-hybridized carbons (Fsp3) is 0.442. The van der Waals surface area contributed by atoms with Crippen LogP contribution in [0, 0.1) is 0 Å². The summed E-state index contributed by atoms with van der Waals surface area (Å²) in [5, 5.41) is 11.7. The summed E-state index contributed by atoms with van der Waals surface area (Å²) in [4.78, 5) is 68.2. The molecule has 0 unspecified atom stereocenters. The molecule has 1 fully saturated rings. The number of hydroxylamine groups is 2. The molecule has 2 aromatic carbocycles. The van der Waals surface area contributed by atoms with E-state index in [9.17, 15) is 19.2 Å². The van der Waals surface area contributed by atoms with Crippen LogP contribution in [0.1, 0.15) is 59.9 Å². The van der Waals surface area contributed by atoms with Gasteiger partial charge < -0.3 is 34.6 Å². The second-order valence-electron chi connectivity index (χ2n) is 15.9. The van der Waals surface area contributed by atoms with E-state index in [-0.39, 0.29) is 31.7 Å². The zero-order valence-electron chi connectivity index (χ0n) is 34.8. The van der Waals surface area contributed by atoms with E-state index in [1.807, 2.05) is 102 Å². The SMILES string of the molecule is CC(C)(C)OC(=O)NCCCNc1nc(NC(=O)OCCCN(C=O)OCc2ccccc2)cc2c(-c3ccnc(N4CCN(C(=O)OC(C)(C)C)CC4)c3)cccc12. The Kier molecular flexibility index (Phi) is 15.3. The standard InChI is InChI=1S/C43H56N8O8/c1-42(2,3)58-39(53)46-19-11-18-45-38-34-16-10-15-33(32-17-20-44-37(27-32)49-22-24-50(25-23-49)41(55)59-43(4,5)6)35(34)28-36(47-38)48-40(54)56-26-12-21-51(30-52)57-29-31-13-8-7-9-14-31/h7-10,13-17,20,27-28,30H,11-12,18-19,21-26,29H2,1-6H3,(H,46,53)(H2,45,47,48,54). The highest BCUT2D eigenvalue weighted by atomic mass is 16.7. The minimum Gasteiger partial charge on any atom is -0.449 e. The van der Waals surface area contributed by atoms with Crippen LogP contribution >= 0.6 is 0 Å². The minimum absolute atomic E-state index is 0.0330. The van der Waals surface area contributed by atoms with Gasteiger partial charge in [0.2, 0.25) is 6.41 Å². The van der Waals surface area contributed by atoms with E-state index in [0.29, 0.717) is 64.3 Å². The molecule has 5 rings (SSSR count). The van der Waals surface area contributed by atoms with E-state index in [0.717, 1.165) is 33.3 Å². The number of anilines is 3. The number of carbonyl (C=O) groups excluding carboxylic acids is 4. The van der Waals surface area contributed by atoms with Crippen LogP contribution in [0.5, 0.6) is 0 Å². The van der Waals surface area contributed by atoms with Gasteiger partial charge in [-0.05, 0) is 88.2 Å². The third kappa shape index (κ3) is 14.0. The molecule has 2 aromatic heterocycles. The normalized spacial score (nSPS) is 13.1. The van der Waals surface area contributed by atoms with Crippen molar-refractivity contribution >= 4 is 52.9 Å². The van der Waals surface area contributed by atoms with Crippen LogP contribution in [0.4, 0.5) is 31.8 Å². The number of nitrogens with one attached hydrogen (secondary N) is 3. The Bertz CT molecular complexity index is 2030. The molecule has 316 valence electrons. The molecule has 59 heavy (non-hydrogen) atoms. The first kappa shape index (κ1) is 44.0. The number of rotatable bonds is 16. The number of alkyl carbamates (subject to hydrolysis) is 1. The van der Waals surface area contributed by atoms with Crippen LogP contribution < -0.4 is 20.9 Å². The molecule has 0 spiro atoms. The lowest BCUT2D eigenvalue weighted by molar-refractivity contribution is -0.178. The van der Waals surface area contributed by atoms with Crippen LogP contribution in [0.15, 0.2) is 72.9 Å². The second-order valence-corrected chi connectivity index (χ2v) is 15.9. The lowest BCUT2D eigenvalue weighted by Crippen LogP contribution is -2.50. The van der Waals surface area contributed by atoms with Crippen LogP contribution in [0.25, 0.3) is 21.9 Å². The predicted octanol–water partition coefficient (Wildman–Crippen LogP) is 7.21. The Labute approximate surface area is 345 Å². The molecule has 3 N–H and O–H groups in total. The molecule has 16 heteroatoms. The lowest BCUT2D eigenvalue weighted by atomic mass is 9.99. The van der Waals surface area contributed by atoms with Gasteiger partial charge in [0.1, 0.15) is 35.3 Å². The number of pyridine rings is 2. The Morgan fingerprint density at radius 2 is 1.58 bits per heavy atom. The minimum atomic E-state index is -0.707. The van der Waals surface area contributed by atoms with Gasteiger partial charge in [-0.3, -0.25) is 14.9 Å². The van der Waals surface area contributed by atoms with Gasteiger partial charge in [0.05, 0.1) is 13.2 Å². The van der Waals surface area contributed by atoms with E-state index in [2.05, 4.69) is 25.8 Å². The Morgan fingerprint density at radius 3 is 2.29 bits per heavy atom. The summed E-state index contributed by atoms with van der Waals surface area (Å²) >= 11 is 0. The topological polar surface area (TPSA) is 177 Å². The number of carbonyl (C=O) groups is 4. The van der Waals surface area contributed by atoms with Gasteiger partial charge in [0.15, 0.2) is 0 Å². The molecule has 16 nitrogen and oxygen atoms in total. The molecule has 3 heterocycles. The Morgan fingerprint density at radius 1 is 0.831 bits per heavy atom. The van der Waals surface area contributed by atoms with E-state index in [1.165, 1.54) is 5.06 Å². The highest BCUT2D eigenvalue weighted by Gasteiger charge is 2.27. The Balaban J connectivity index is 1.28. The zero-order valence-corrected chi connectivity index (χ0v) is 34.8. The lowest BCUT2D eigenvalue weighted by Gasteiger charge is -2.36. The van der Waals surface area contributed by atoms with Crippen LogP contribution in [0.3, 0.4) is 0 Å². The molecular formula is C43H56N8O8. The number of hydrogen-bond acceptors (Lipinski definition) is 12. The molecule has 4 aromatic rings. The molecule has 1 aliphatic heterocycles. The number of aromatic nitrogens is 2. The van der Waals surface area contributed by atoms with Gasteiger partial charge in [0, 0.05) is 57.3 Å². The maximum absolute atomic E-state index is 13.0. The highest BCUT2D eigenvalue weighted by molar-refractivity contribution is 6.04. The molecule has 0 aliphatic carbocycles. The number of piperazine rings is 1. The predicted molar refractivity (Wildman–Crippen MR) is 226 cm³/mol. The number of benzene rings is 2. The summed E-state index contributed by atoms with van der Waals surface area (Å²) in [5.41, 5.74) is 1.54. The van der Waals surface area contributed by atoms with E-state index in [4.69, 9.17) is 24.0 Å². The van der Waals surface area contributed by atoms with Crippen LogP contribution in [-0.2, 0) is 30.4 Å². The molecule has 0 radical (unpaired) electrons. The number of ether oxygens (including phenoxy) is 3. The summed E-state index contributed by atoms with van der Waals surface area (Å²) in [6.45, 7) is 14.5. The molecule has 0 bridgehead atoms. The molecule has 0 atom stereocenters. The fourth-order valence-corrected chi connectivity index (χ4v) is 6.14. The summed E-state index contributed by atoms with van der Waals surface area (Å²) < 4.78 is 16.4. The second kappa shape index (κ2) is 20.5. The van der Waals surface area contributed by atoms with Crippen LogP contribution in [-0.4, -0.2) is 108 Å². The first-order valence-corrected chi connectivity index (χ1v) is 19.8. The van der Waals surface area contributed by atoms with Gasteiger partial charge in [-0.1, -0.05) is 48.5 Å². The van der Waals surface area contributed by atoms with Crippen molar-refractivity contribution in [1.82, 2.24) is 25.2 Å². The Hall–Kier alpha value is -6.16. The first-order valence-electron chi connectivity index (χ1n) is 19.8. The smallest absolute Gasteiger partial charge is 0.412 e. The largest absolute Gasteiger partial charge is 0.449 e. The molecule has 1 saturated heterocycles. The highest BCUT2D eigenvalue weighted by Crippen LogP contribution is 2.35. The van der Waals surface area contributed by atoms with Gasteiger partial charge in [-0.25, -0.2) is 29.4 Å². The summed E-state index contributed by atoms with van der Waals surface area (Å²) in [7, 11) is 0. The number of hydrogen-bond donors (Lipinski definition) is 3. The maximum atomic E-state index is 13.0. The van der Waals surface area contributed by atoms with Crippen molar-refractivity contribution < 1.29 is 38.2 Å². The summed E-state index contributed by atoms with van der Waals surface area (Å²) in [5.74, 6) is 1.56. The zero-order chi connectivity index (χ0) is 42.4.